The molecule has 6 rings (SSSR count). The average molecular weight is 543 g/mol. The van der Waals surface area contributed by atoms with Crippen molar-refractivity contribution >= 4 is 11.8 Å². The van der Waals surface area contributed by atoms with Gasteiger partial charge in [0.25, 0.3) is 0 Å². The van der Waals surface area contributed by atoms with Gasteiger partial charge < -0.3 is 15.0 Å². The zero-order valence-corrected chi connectivity index (χ0v) is 21.8. The molecular weight excluding hydrogens is 513 g/mol. The van der Waals surface area contributed by atoms with Crippen LogP contribution >= 0.6 is 0 Å². The maximum atomic E-state index is 13.8. The van der Waals surface area contributed by atoms with E-state index in [0.717, 1.165) is 46.8 Å². The third-order valence-electron chi connectivity index (χ3n) is 7.89. The monoisotopic (exact) mass is 542 g/mol. The van der Waals surface area contributed by atoms with E-state index in [4.69, 9.17) is 4.74 Å². The van der Waals surface area contributed by atoms with Gasteiger partial charge in [-0.2, -0.15) is 13.2 Å². The first-order valence-corrected chi connectivity index (χ1v) is 13.5. The van der Waals surface area contributed by atoms with Gasteiger partial charge in [-0.1, -0.05) is 91.0 Å². The van der Waals surface area contributed by atoms with Crippen molar-refractivity contribution in [3.05, 3.63) is 137 Å². The summed E-state index contributed by atoms with van der Waals surface area (Å²) in [7, 11) is 0. The molecule has 3 atom stereocenters. The van der Waals surface area contributed by atoms with Gasteiger partial charge in [-0.05, 0) is 59.2 Å². The first-order valence-electron chi connectivity index (χ1n) is 13.5. The van der Waals surface area contributed by atoms with Gasteiger partial charge >= 0.3 is 12.3 Å². The molecule has 7 heteroatoms. The Morgan fingerprint density at radius 3 is 2.30 bits per heavy atom. The lowest BCUT2D eigenvalue weighted by atomic mass is 9.79. The van der Waals surface area contributed by atoms with E-state index in [1.54, 1.807) is 6.07 Å². The molecule has 1 N–H and O–H groups in total. The van der Waals surface area contributed by atoms with Gasteiger partial charge in [0.1, 0.15) is 6.61 Å². The summed E-state index contributed by atoms with van der Waals surface area (Å²) in [6, 6.07) is 30.3. The molecule has 1 amide bonds. The number of nitrogens with zero attached hydrogens (tertiary/aromatic N) is 1. The van der Waals surface area contributed by atoms with Crippen LogP contribution in [0.1, 0.15) is 64.3 Å². The summed E-state index contributed by atoms with van der Waals surface area (Å²) in [6.07, 6.45) is -2.93. The van der Waals surface area contributed by atoms with Gasteiger partial charge in [0.05, 0.1) is 23.7 Å². The minimum atomic E-state index is -4.45. The van der Waals surface area contributed by atoms with Gasteiger partial charge in [-0.3, -0.25) is 0 Å². The van der Waals surface area contributed by atoms with E-state index in [9.17, 15) is 18.0 Å². The molecule has 0 spiro atoms. The number of nitrogens with one attached hydrogen (secondary N) is 1. The summed E-state index contributed by atoms with van der Waals surface area (Å²) in [6.45, 7) is 0.131. The third-order valence-corrected chi connectivity index (χ3v) is 7.89. The second-order valence-electron chi connectivity index (χ2n) is 10.4. The van der Waals surface area contributed by atoms with Crippen molar-refractivity contribution in [3.63, 3.8) is 0 Å². The normalized spacial score (nSPS) is 20.0. The molecule has 2 aliphatic heterocycles. The predicted molar refractivity (Wildman–Crippen MR) is 148 cm³/mol. The summed E-state index contributed by atoms with van der Waals surface area (Å²) < 4.78 is 46.8. The molecular formula is C33H29F3N2O2. The first-order chi connectivity index (χ1) is 19.4. The van der Waals surface area contributed by atoms with E-state index in [2.05, 4.69) is 28.4 Å². The minimum Gasteiger partial charge on any atom is -0.445 e. The fourth-order valence-corrected chi connectivity index (χ4v) is 6.10. The maximum Gasteiger partial charge on any atom is 0.416 e. The number of carbonyl (C=O) groups excluding carboxylic acids is 1. The molecule has 4 nitrogen and oxygen atoms in total. The van der Waals surface area contributed by atoms with Crippen LogP contribution in [0, 0.1) is 0 Å². The van der Waals surface area contributed by atoms with Crippen LogP contribution in [-0.2, 0) is 23.9 Å². The molecule has 0 saturated heterocycles. The van der Waals surface area contributed by atoms with Gasteiger partial charge in [0, 0.05) is 5.69 Å². The fourth-order valence-electron chi connectivity index (χ4n) is 6.10. The standard InChI is InChI=1S/C33H29F3N2O2/c34-33(35,36)26-15-7-14-25(19-26)30-20-28(37-32(39)40-21-22-9-3-1-4-10-22)27-16-8-13-24-17-18-29(38(30)31(24)27)23-11-5-2-6-12-23/h1-16,19,28-30H,17-18,20-21H2,(H,37,39)/t28-,29+,30-/m0/s1. The van der Waals surface area contributed by atoms with Crippen LogP contribution in [0.15, 0.2) is 103 Å². The molecule has 0 fully saturated rings. The topological polar surface area (TPSA) is 41.6 Å². The van der Waals surface area contributed by atoms with E-state index >= 15 is 0 Å². The predicted octanol–water partition coefficient (Wildman–Crippen LogP) is 8.31. The third kappa shape index (κ3) is 5.16. The lowest BCUT2D eigenvalue weighted by Crippen LogP contribution is -2.44. The molecule has 4 aromatic rings. The second kappa shape index (κ2) is 10.7. The Kier molecular flexibility index (Phi) is 6.96. The molecule has 4 aromatic carbocycles. The van der Waals surface area contributed by atoms with Crippen LogP contribution in [0.25, 0.3) is 0 Å². The minimum absolute atomic E-state index is 0.0135. The molecule has 0 bridgehead atoms. The second-order valence-corrected chi connectivity index (χ2v) is 10.4. The van der Waals surface area contributed by atoms with Gasteiger partial charge in [-0.25, -0.2) is 4.79 Å². The number of amides is 1. The van der Waals surface area contributed by atoms with E-state index in [1.807, 2.05) is 60.7 Å². The number of anilines is 1. The number of hydrogen-bond acceptors (Lipinski definition) is 3. The smallest absolute Gasteiger partial charge is 0.416 e. The van der Waals surface area contributed by atoms with Crippen LogP contribution in [0.3, 0.4) is 0 Å². The zero-order valence-electron chi connectivity index (χ0n) is 21.8. The van der Waals surface area contributed by atoms with Crippen LogP contribution in [0.4, 0.5) is 23.7 Å². The molecule has 0 aliphatic carbocycles. The number of carbonyl (C=O) groups is 1. The van der Waals surface area contributed by atoms with Crippen molar-refractivity contribution < 1.29 is 22.7 Å². The number of aryl methyl sites for hydroxylation is 1. The number of benzene rings is 4. The van der Waals surface area contributed by atoms with Gasteiger partial charge in [0.2, 0.25) is 0 Å². The highest BCUT2D eigenvalue weighted by Gasteiger charge is 2.42. The average Bonchev–Trinajstić information content (AvgIpc) is 2.98. The largest absolute Gasteiger partial charge is 0.445 e. The number of hydrogen-bond donors (Lipinski definition) is 1. The van der Waals surface area contributed by atoms with E-state index < -0.39 is 23.9 Å². The van der Waals surface area contributed by atoms with Crippen LogP contribution in [0.5, 0.6) is 0 Å². The molecule has 40 heavy (non-hydrogen) atoms. The lowest BCUT2D eigenvalue weighted by Gasteiger charge is -2.50. The lowest BCUT2D eigenvalue weighted by molar-refractivity contribution is -0.137. The van der Waals surface area contributed by atoms with E-state index in [0.29, 0.717) is 12.0 Å². The Bertz CT molecular complexity index is 1490. The summed E-state index contributed by atoms with van der Waals surface area (Å²) >= 11 is 0. The van der Waals surface area contributed by atoms with Crippen LogP contribution in [-0.4, -0.2) is 6.09 Å². The maximum absolute atomic E-state index is 13.8. The molecule has 0 saturated carbocycles. The van der Waals surface area contributed by atoms with Crippen molar-refractivity contribution in [3.8, 4) is 0 Å². The highest BCUT2D eigenvalue weighted by molar-refractivity contribution is 5.72. The number of para-hydroxylation sites is 1. The molecule has 2 heterocycles. The van der Waals surface area contributed by atoms with Crippen molar-refractivity contribution in [1.29, 1.82) is 0 Å². The summed E-state index contributed by atoms with van der Waals surface area (Å²) in [5, 5.41) is 3.03. The Morgan fingerprint density at radius 1 is 0.850 bits per heavy atom. The van der Waals surface area contributed by atoms with E-state index in [1.165, 1.54) is 12.1 Å². The Hall–Kier alpha value is -4.26. The van der Waals surface area contributed by atoms with Gasteiger partial charge in [0.15, 0.2) is 0 Å². The molecule has 0 aromatic heterocycles. The number of halogens is 3. The molecule has 204 valence electrons. The highest BCUT2D eigenvalue weighted by Crippen LogP contribution is 2.53. The quantitative estimate of drug-likeness (QED) is 0.276. The van der Waals surface area contributed by atoms with Crippen LogP contribution in [0.2, 0.25) is 0 Å². The van der Waals surface area contributed by atoms with E-state index in [-0.39, 0.29) is 18.7 Å². The number of ether oxygens (including phenoxy) is 1. The van der Waals surface area contributed by atoms with Crippen molar-refractivity contribution in [2.24, 2.45) is 0 Å². The number of alkyl carbamates (subject to hydrolysis) is 1. The highest BCUT2D eigenvalue weighted by atomic mass is 19.4. The molecule has 2 aliphatic rings. The van der Waals surface area contributed by atoms with Gasteiger partial charge in [-0.15, -0.1) is 0 Å². The molecule has 0 unspecified atom stereocenters. The zero-order chi connectivity index (χ0) is 27.7. The Morgan fingerprint density at radius 2 is 1.55 bits per heavy atom. The fraction of sp³-hybridized carbons (Fsp3) is 0.242. The Balaban J connectivity index is 1.39. The number of rotatable bonds is 5. The Labute approximate surface area is 231 Å². The van der Waals surface area contributed by atoms with Crippen LogP contribution < -0.4 is 10.2 Å². The first kappa shape index (κ1) is 26.0. The van der Waals surface area contributed by atoms with Crippen molar-refractivity contribution in [2.45, 2.75) is 50.2 Å². The summed E-state index contributed by atoms with van der Waals surface area (Å²) in [5.41, 5.74) is 4.96. The summed E-state index contributed by atoms with van der Waals surface area (Å²) in [4.78, 5) is 15.2. The summed E-state index contributed by atoms with van der Waals surface area (Å²) in [5.74, 6) is 0. The number of alkyl halides is 3. The van der Waals surface area contributed by atoms with Crippen molar-refractivity contribution in [1.82, 2.24) is 5.32 Å². The molecule has 0 radical (unpaired) electrons. The van der Waals surface area contributed by atoms with Crippen molar-refractivity contribution in [2.75, 3.05) is 4.90 Å². The SMILES string of the molecule is O=C(N[C@H]1C[C@@H](c2cccc(C(F)(F)F)c2)N2c3c(cccc31)CC[C@@H]2c1ccccc1)OCc1ccccc1.